The number of nitrogens with one attached hydrogen (secondary N) is 1. The van der Waals surface area contributed by atoms with E-state index in [1.807, 2.05) is 17.2 Å². The average Bonchev–Trinajstić information content (AvgIpc) is 3.42. The highest BCUT2D eigenvalue weighted by Gasteiger charge is 2.26. The fraction of sp³-hybridized carbons (Fsp3) is 0.381. The molecule has 0 radical (unpaired) electrons. The number of aromatic nitrogens is 5. The van der Waals surface area contributed by atoms with Crippen LogP contribution in [0.4, 0.5) is 5.13 Å². The van der Waals surface area contributed by atoms with E-state index in [4.69, 9.17) is 5.10 Å². The summed E-state index contributed by atoms with van der Waals surface area (Å²) in [4.78, 5) is 18.3. The quantitative estimate of drug-likeness (QED) is 0.507. The molecular formula is C21H23N7OS2. The second kappa shape index (κ2) is 8.10. The molecule has 3 aromatic heterocycles. The number of fused-ring (bicyclic) bond motifs is 2. The van der Waals surface area contributed by atoms with E-state index >= 15 is 0 Å². The van der Waals surface area contributed by atoms with Gasteiger partial charge in [0, 0.05) is 50.8 Å². The molecule has 0 spiro atoms. The summed E-state index contributed by atoms with van der Waals surface area (Å²) in [5.41, 5.74) is 7.64. The minimum atomic E-state index is -0.150. The van der Waals surface area contributed by atoms with Gasteiger partial charge in [-0.15, -0.1) is 21.5 Å². The SMILES string of the molecule is CC(=O)Nc1nnc(-c2nn(C)c3c2CCN(C(C)c2ccc4scnc4c2)CC3)s1. The van der Waals surface area contributed by atoms with Crippen molar-refractivity contribution in [1.29, 1.82) is 0 Å². The number of rotatable bonds is 4. The lowest BCUT2D eigenvalue weighted by molar-refractivity contribution is -0.114. The van der Waals surface area contributed by atoms with Crippen molar-refractivity contribution in [2.24, 2.45) is 7.05 Å². The van der Waals surface area contributed by atoms with Crippen molar-refractivity contribution in [3.8, 4) is 10.7 Å². The van der Waals surface area contributed by atoms with Crippen molar-refractivity contribution in [2.75, 3.05) is 18.4 Å². The fourth-order valence-electron chi connectivity index (χ4n) is 4.22. The average molecular weight is 454 g/mol. The highest BCUT2D eigenvalue weighted by Crippen LogP contribution is 2.33. The first-order chi connectivity index (χ1) is 15.0. The lowest BCUT2D eigenvalue weighted by atomic mass is 10.1. The molecule has 0 fully saturated rings. The number of carbonyl (C=O) groups is 1. The Labute approximate surface area is 187 Å². The summed E-state index contributed by atoms with van der Waals surface area (Å²) in [5, 5.41) is 17.1. The highest BCUT2D eigenvalue weighted by molar-refractivity contribution is 7.18. The first kappa shape index (κ1) is 20.2. The Morgan fingerprint density at radius 2 is 2.06 bits per heavy atom. The van der Waals surface area contributed by atoms with Gasteiger partial charge in [0.2, 0.25) is 11.0 Å². The van der Waals surface area contributed by atoms with Gasteiger partial charge >= 0.3 is 0 Å². The van der Waals surface area contributed by atoms with Gasteiger partial charge < -0.3 is 5.32 Å². The molecule has 1 unspecified atom stereocenters. The Morgan fingerprint density at radius 1 is 1.23 bits per heavy atom. The van der Waals surface area contributed by atoms with Gasteiger partial charge in [-0.1, -0.05) is 17.4 Å². The zero-order valence-corrected chi connectivity index (χ0v) is 19.3. The Hall–Kier alpha value is -2.69. The predicted octanol–water partition coefficient (Wildman–Crippen LogP) is 3.67. The van der Waals surface area contributed by atoms with Gasteiger partial charge in [0.05, 0.1) is 15.7 Å². The molecule has 8 nitrogen and oxygen atoms in total. The minimum absolute atomic E-state index is 0.150. The molecule has 10 heteroatoms. The maximum atomic E-state index is 11.3. The lowest BCUT2D eigenvalue weighted by Gasteiger charge is -2.28. The number of anilines is 1. The maximum Gasteiger partial charge on any atom is 0.223 e. The molecule has 0 saturated heterocycles. The molecule has 1 atom stereocenters. The van der Waals surface area contributed by atoms with Crippen LogP contribution in [-0.2, 0) is 24.7 Å². The second-order valence-electron chi connectivity index (χ2n) is 7.78. The number of hydrogen-bond donors (Lipinski definition) is 1. The van der Waals surface area contributed by atoms with Gasteiger partial charge in [0.1, 0.15) is 5.69 Å². The summed E-state index contributed by atoms with van der Waals surface area (Å²) >= 11 is 3.04. The van der Waals surface area contributed by atoms with Crippen LogP contribution >= 0.6 is 22.7 Å². The molecule has 4 aromatic rings. The molecule has 1 aliphatic rings. The zero-order chi connectivity index (χ0) is 21.5. The van der Waals surface area contributed by atoms with E-state index in [0.29, 0.717) is 11.2 Å². The molecule has 1 aliphatic heterocycles. The number of carbonyl (C=O) groups excluding carboxylic acids is 1. The van der Waals surface area contributed by atoms with E-state index in [1.165, 1.54) is 39.8 Å². The predicted molar refractivity (Wildman–Crippen MR) is 123 cm³/mol. The minimum Gasteiger partial charge on any atom is -0.301 e. The molecule has 4 heterocycles. The Balaban J connectivity index is 1.38. The smallest absolute Gasteiger partial charge is 0.223 e. The maximum absolute atomic E-state index is 11.3. The molecule has 0 saturated carbocycles. The van der Waals surface area contributed by atoms with Crippen LogP contribution in [0, 0.1) is 0 Å². The van der Waals surface area contributed by atoms with Crippen molar-refractivity contribution in [3.63, 3.8) is 0 Å². The topological polar surface area (TPSA) is 88.8 Å². The van der Waals surface area contributed by atoms with Crippen molar-refractivity contribution in [1.82, 2.24) is 29.9 Å². The summed E-state index contributed by atoms with van der Waals surface area (Å²) < 4.78 is 3.20. The summed E-state index contributed by atoms with van der Waals surface area (Å²) in [5.74, 6) is -0.150. The van der Waals surface area contributed by atoms with Crippen LogP contribution in [0.5, 0.6) is 0 Å². The fourth-order valence-corrected chi connectivity index (χ4v) is 5.68. The normalized spacial score (nSPS) is 15.6. The van der Waals surface area contributed by atoms with Crippen LogP contribution in [0.3, 0.4) is 0 Å². The van der Waals surface area contributed by atoms with E-state index < -0.39 is 0 Å². The van der Waals surface area contributed by atoms with E-state index in [2.05, 4.69) is 50.5 Å². The summed E-state index contributed by atoms with van der Waals surface area (Å²) in [7, 11) is 1.99. The molecule has 31 heavy (non-hydrogen) atoms. The van der Waals surface area contributed by atoms with Gasteiger partial charge in [-0.3, -0.25) is 14.4 Å². The van der Waals surface area contributed by atoms with Crippen LogP contribution in [0.1, 0.15) is 36.7 Å². The van der Waals surface area contributed by atoms with Crippen molar-refractivity contribution >= 4 is 43.9 Å². The summed E-state index contributed by atoms with van der Waals surface area (Å²) in [6.07, 6.45) is 1.83. The number of amides is 1. The zero-order valence-electron chi connectivity index (χ0n) is 17.6. The molecule has 1 amide bonds. The van der Waals surface area contributed by atoms with E-state index in [9.17, 15) is 4.79 Å². The largest absolute Gasteiger partial charge is 0.301 e. The molecule has 160 valence electrons. The van der Waals surface area contributed by atoms with Crippen molar-refractivity contribution in [2.45, 2.75) is 32.7 Å². The monoisotopic (exact) mass is 453 g/mol. The van der Waals surface area contributed by atoms with Gasteiger partial charge in [-0.05, 0) is 31.0 Å². The van der Waals surface area contributed by atoms with Gasteiger partial charge in [0.25, 0.3) is 0 Å². The Morgan fingerprint density at radius 3 is 2.90 bits per heavy atom. The molecule has 0 bridgehead atoms. The van der Waals surface area contributed by atoms with Crippen LogP contribution in [0.15, 0.2) is 23.7 Å². The second-order valence-corrected chi connectivity index (χ2v) is 9.65. The van der Waals surface area contributed by atoms with E-state index in [1.54, 1.807) is 11.3 Å². The van der Waals surface area contributed by atoms with Crippen LogP contribution in [-0.4, -0.2) is 48.9 Å². The third-order valence-corrected chi connectivity index (χ3v) is 7.51. The third kappa shape index (κ3) is 3.86. The molecule has 1 aromatic carbocycles. The van der Waals surface area contributed by atoms with Crippen LogP contribution < -0.4 is 5.32 Å². The first-order valence-electron chi connectivity index (χ1n) is 10.2. The summed E-state index contributed by atoms with van der Waals surface area (Å²) in [6.45, 7) is 5.65. The molecule has 1 N–H and O–H groups in total. The number of hydrogen-bond acceptors (Lipinski definition) is 8. The van der Waals surface area contributed by atoms with Gasteiger partial charge in [0.15, 0.2) is 5.01 Å². The Bertz CT molecular complexity index is 1260. The van der Waals surface area contributed by atoms with Gasteiger partial charge in [-0.25, -0.2) is 4.98 Å². The Kier molecular flexibility index (Phi) is 5.28. The molecule has 5 rings (SSSR count). The number of benzene rings is 1. The number of nitrogens with zero attached hydrogens (tertiary/aromatic N) is 6. The summed E-state index contributed by atoms with van der Waals surface area (Å²) in [6, 6.07) is 6.92. The number of thiazole rings is 1. The highest BCUT2D eigenvalue weighted by atomic mass is 32.1. The standard InChI is InChI=1S/C21H23N7OS2/c1-12(14-4-5-18-16(10-14)22-11-30-18)28-8-6-15-17(7-9-28)27(3)26-19(15)20-24-25-21(31-20)23-13(2)29/h4-5,10-12H,6-9H2,1-3H3,(H,23,25,29). The van der Waals surface area contributed by atoms with Crippen molar-refractivity contribution in [3.05, 3.63) is 40.5 Å². The third-order valence-electron chi connectivity index (χ3n) is 5.85. The molecule has 0 aliphatic carbocycles. The molecular weight excluding hydrogens is 430 g/mol. The van der Waals surface area contributed by atoms with E-state index in [-0.39, 0.29) is 5.91 Å². The van der Waals surface area contributed by atoms with Crippen LogP contribution in [0.25, 0.3) is 20.9 Å². The first-order valence-corrected chi connectivity index (χ1v) is 11.9. The van der Waals surface area contributed by atoms with Crippen molar-refractivity contribution < 1.29 is 4.79 Å². The van der Waals surface area contributed by atoms with Gasteiger partial charge in [-0.2, -0.15) is 5.10 Å². The number of aryl methyl sites for hydroxylation is 1. The lowest BCUT2D eigenvalue weighted by Crippen LogP contribution is -2.29. The van der Waals surface area contributed by atoms with Crippen LogP contribution in [0.2, 0.25) is 0 Å². The van der Waals surface area contributed by atoms with E-state index in [0.717, 1.165) is 42.1 Å².